The van der Waals surface area contributed by atoms with Gasteiger partial charge in [-0.25, -0.2) is 4.67 Å². The summed E-state index contributed by atoms with van der Waals surface area (Å²) in [7, 11) is -2.98. The molecular weight excluding hydrogens is 251 g/mol. The van der Waals surface area contributed by atoms with Crippen LogP contribution in [0.4, 0.5) is 5.69 Å². The van der Waals surface area contributed by atoms with Crippen molar-refractivity contribution in [1.29, 1.82) is 0 Å². The van der Waals surface area contributed by atoms with Gasteiger partial charge in [-0.1, -0.05) is 17.7 Å². The maximum atomic E-state index is 12.7. The number of rotatable bonds is 4. The van der Waals surface area contributed by atoms with Crippen LogP contribution in [0.5, 0.6) is 0 Å². The molecular formula is C11H19N4O2P. The number of anilines is 1. The molecule has 1 aromatic carbocycles. The van der Waals surface area contributed by atoms with E-state index in [9.17, 15) is 4.57 Å². The number of nitrogens with zero attached hydrogens (tertiary/aromatic N) is 1. The number of hydrogen-bond donors (Lipinski definition) is 3. The van der Waals surface area contributed by atoms with Crippen molar-refractivity contribution < 1.29 is 9.30 Å². The fourth-order valence-corrected chi connectivity index (χ4v) is 3.42. The van der Waals surface area contributed by atoms with Gasteiger partial charge in [0, 0.05) is 18.8 Å². The molecule has 4 N–H and O–H groups in total. The van der Waals surface area contributed by atoms with Gasteiger partial charge in [-0.3, -0.25) is 10.4 Å². The monoisotopic (exact) mass is 270 g/mol. The summed E-state index contributed by atoms with van der Waals surface area (Å²) < 4.78 is 19.8. The summed E-state index contributed by atoms with van der Waals surface area (Å²) in [5.41, 5.74) is 1.94. The minimum atomic E-state index is -2.98. The Morgan fingerprint density at radius 2 is 1.89 bits per heavy atom. The van der Waals surface area contributed by atoms with Crippen LogP contribution >= 0.6 is 7.59 Å². The molecule has 1 unspecified atom stereocenters. The molecule has 7 heteroatoms. The van der Waals surface area contributed by atoms with Gasteiger partial charge in [0.25, 0.3) is 0 Å². The van der Waals surface area contributed by atoms with Crippen molar-refractivity contribution in [3.63, 3.8) is 0 Å². The van der Waals surface area contributed by atoms with E-state index in [4.69, 9.17) is 10.6 Å². The number of hydrazine groups is 1. The fraction of sp³-hybridized carbons (Fsp3) is 0.455. The van der Waals surface area contributed by atoms with Gasteiger partial charge in [0.2, 0.25) is 0 Å². The average molecular weight is 270 g/mol. The molecule has 0 aliphatic carbocycles. The van der Waals surface area contributed by atoms with Crippen molar-refractivity contribution in [2.75, 3.05) is 31.4 Å². The standard InChI is InChI=1S/C11H19N4O2P/c1-10-2-4-11(5-3-10)13-18(16,14-12)15-6-8-17-9-7-15/h2-5H,6-9,12H2,1H3,(H2,13,14,16). The number of nitrogens with two attached hydrogens (primary N) is 1. The van der Waals surface area contributed by atoms with Crippen molar-refractivity contribution >= 4 is 13.3 Å². The second-order valence-corrected chi connectivity index (χ2v) is 6.45. The van der Waals surface area contributed by atoms with Gasteiger partial charge in [0.15, 0.2) is 0 Å². The summed E-state index contributed by atoms with van der Waals surface area (Å²) in [6.07, 6.45) is 0. The SMILES string of the molecule is Cc1ccc(NP(=O)(NN)N2CCOCC2)cc1. The highest BCUT2D eigenvalue weighted by atomic mass is 31.2. The Morgan fingerprint density at radius 3 is 2.44 bits per heavy atom. The van der Waals surface area contributed by atoms with Crippen LogP contribution in [0.15, 0.2) is 24.3 Å². The van der Waals surface area contributed by atoms with Gasteiger partial charge < -0.3 is 9.82 Å². The maximum absolute atomic E-state index is 12.7. The van der Waals surface area contributed by atoms with Crippen molar-refractivity contribution in [2.24, 2.45) is 5.84 Å². The summed E-state index contributed by atoms with van der Waals surface area (Å²) in [6, 6.07) is 7.70. The van der Waals surface area contributed by atoms with Crippen LogP contribution in [0.3, 0.4) is 0 Å². The summed E-state index contributed by atoms with van der Waals surface area (Å²) in [6.45, 7) is 4.34. The molecule has 0 spiro atoms. The van der Waals surface area contributed by atoms with Crippen LogP contribution in [-0.4, -0.2) is 31.0 Å². The second kappa shape index (κ2) is 5.82. The number of nitrogens with one attached hydrogen (secondary N) is 2. The zero-order valence-corrected chi connectivity index (χ0v) is 11.3. The van der Waals surface area contributed by atoms with E-state index in [1.54, 1.807) is 4.67 Å². The molecule has 100 valence electrons. The molecule has 2 rings (SSSR count). The first-order valence-corrected chi connectivity index (χ1v) is 7.56. The van der Waals surface area contributed by atoms with Crippen LogP contribution in [0.2, 0.25) is 0 Å². The first-order valence-electron chi connectivity index (χ1n) is 5.90. The molecule has 1 fully saturated rings. The highest BCUT2D eigenvalue weighted by Gasteiger charge is 2.30. The summed E-state index contributed by atoms with van der Waals surface area (Å²) in [5.74, 6) is 5.46. The lowest BCUT2D eigenvalue weighted by Gasteiger charge is -2.33. The van der Waals surface area contributed by atoms with E-state index < -0.39 is 7.59 Å². The third-order valence-corrected chi connectivity index (χ3v) is 5.00. The summed E-state index contributed by atoms with van der Waals surface area (Å²) in [5, 5.41) is 5.42. The molecule has 1 atom stereocenters. The normalized spacial score (nSPS) is 20.3. The predicted molar refractivity (Wildman–Crippen MR) is 72.1 cm³/mol. The molecule has 0 saturated carbocycles. The van der Waals surface area contributed by atoms with E-state index in [-0.39, 0.29) is 0 Å². The second-order valence-electron chi connectivity index (χ2n) is 4.25. The first kappa shape index (κ1) is 13.5. The highest BCUT2D eigenvalue weighted by Crippen LogP contribution is 2.44. The number of ether oxygens (including phenoxy) is 1. The molecule has 1 aliphatic heterocycles. The van der Waals surface area contributed by atoms with E-state index in [1.165, 1.54) is 0 Å². The van der Waals surface area contributed by atoms with E-state index >= 15 is 0 Å². The fourth-order valence-electron chi connectivity index (χ4n) is 1.82. The molecule has 1 heterocycles. The molecule has 6 nitrogen and oxygen atoms in total. The Bertz CT molecular complexity index is 431. The van der Waals surface area contributed by atoms with Crippen LogP contribution in [-0.2, 0) is 9.30 Å². The van der Waals surface area contributed by atoms with Crippen LogP contribution in [0, 0.1) is 6.92 Å². The van der Waals surface area contributed by atoms with Crippen molar-refractivity contribution in [3.8, 4) is 0 Å². The number of hydrogen-bond acceptors (Lipinski definition) is 3. The number of benzene rings is 1. The minimum Gasteiger partial charge on any atom is -0.379 e. The molecule has 0 amide bonds. The number of aryl methyl sites for hydroxylation is 1. The Labute approximate surface area is 107 Å². The zero-order chi connectivity index (χ0) is 13.0. The predicted octanol–water partition coefficient (Wildman–Crippen LogP) is 1.31. The van der Waals surface area contributed by atoms with Gasteiger partial charge in [-0.15, -0.1) is 0 Å². The van der Waals surface area contributed by atoms with Crippen molar-refractivity contribution in [1.82, 2.24) is 9.87 Å². The van der Waals surface area contributed by atoms with Crippen LogP contribution in [0.1, 0.15) is 5.56 Å². The van der Waals surface area contributed by atoms with Crippen LogP contribution in [0.25, 0.3) is 0 Å². The Kier molecular flexibility index (Phi) is 4.37. The number of morpholine rings is 1. The van der Waals surface area contributed by atoms with Gasteiger partial charge in [0.1, 0.15) is 0 Å². The van der Waals surface area contributed by atoms with Gasteiger partial charge in [-0.05, 0) is 19.1 Å². The summed E-state index contributed by atoms with van der Waals surface area (Å²) >= 11 is 0. The maximum Gasteiger partial charge on any atom is 0.319 e. The largest absolute Gasteiger partial charge is 0.379 e. The van der Waals surface area contributed by atoms with Gasteiger partial charge in [-0.2, -0.15) is 5.20 Å². The Morgan fingerprint density at radius 1 is 1.28 bits per heavy atom. The minimum absolute atomic E-state index is 0.571. The van der Waals surface area contributed by atoms with E-state index in [0.29, 0.717) is 26.3 Å². The average Bonchev–Trinajstić information content (AvgIpc) is 2.42. The molecule has 1 aromatic rings. The third-order valence-electron chi connectivity index (χ3n) is 2.89. The molecule has 1 aliphatic rings. The third kappa shape index (κ3) is 3.10. The zero-order valence-electron chi connectivity index (χ0n) is 10.4. The molecule has 0 aromatic heterocycles. The lowest BCUT2D eigenvalue weighted by Crippen LogP contribution is -2.41. The van der Waals surface area contributed by atoms with E-state index in [0.717, 1.165) is 11.3 Å². The van der Waals surface area contributed by atoms with Gasteiger partial charge >= 0.3 is 7.59 Å². The molecule has 0 bridgehead atoms. The van der Waals surface area contributed by atoms with Crippen molar-refractivity contribution in [3.05, 3.63) is 29.8 Å². The molecule has 0 radical (unpaired) electrons. The highest BCUT2D eigenvalue weighted by molar-refractivity contribution is 7.60. The van der Waals surface area contributed by atoms with E-state index in [2.05, 4.69) is 10.3 Å². The quantitative estimate of drug-likeness (QED) is 0.435. The lowest BCUT2D eigenvalue weighted by molar-refractivity contribution is 0.0716. The molecule has 18 heavy (non-hydrogen) atoms. The lowest BCUT2D eigenvalue weighted by atomic mass is 10.2. The summed E-state index contributed by atoms with van der Waals surface area (Å²) in [4.78, 5) is 0. The van der Waals surface area contributed by atoms with Crippen LogP contribution < -0.4 is 16.1 Å². The van der Waals surface area contributed by atoms with E-state index in [1.807, 2.05) is 31.2 Å². The smallest absolute Gasteiger partial charge is 0.319 e. The molecule has 1 saturated heterocycles. The Balaban J connectivity index is 2.11. The van der Waals surface area contributed by atoms with Gasteiger partial charge in [0.05, 0.1) is 13.2 Å². The topological polar surface area (TPSA) is 79.6 Å². The van der Waals surface area contributed by atoms with Crippen molar-refractivity contribution in [2.45, 2.75) is 6.92 Å². The first-order chi connectivity index (χ1) is 8.64. The Hall–Kier alpha value is -0.910.